The molecule has 1 aromatic carbocycles. The summed E-state index contributed by atoms with van der Waals surface area (Å²) in [5.74, 6) is -3.63. The average molecular weight is 476 g/mol. The van der Waals surface area contributed by atoms with Gasteiger partial charge < -0.3 is 4.84 Å². The summed E-state index contributed by atoms with van der Waals surface area (Å²) in [6.07, 6.45) is -0.923. The summed E-state index contributed by atoms with van der Waals surface area (Å²) in [5, 5.41) is 8.23. The lowest BCUT2D eigenvalue weighted by atomic mass is 10.1. The topological polar surface area (TPSA) is 89.7 Å². The van der Waals surface area contributed by atoms with Gasteiger partial charge in [0.15, 0.2) is 5.65 Å². The minimum atomic E-state index is -5.31. The number of pyridine rings is 2. The maximum absolute atomic E-state index is 13.0. The molecule has 0 aliphatic rings. The van der Waals surface area contributed by atoms with Gasteiger partial charge >= 0.3 is 18.1 Å². The fraction of sp³-hybridized carbons (Fsp3) is 0.0952. The first-order chi connectivity index (χ1) is 15.7. The zero-order chi connectivity index (χ0) is 23.6. The van der Waals surface area contributed by atoms with Crippen LogP contribution in [0.2, 0.25) is 5.02 Å². The van der Waals surface area contributed by atoms with Crippen molar-refractivity contribution in [3.05, 3.63) is 89.1 Å². The third-order valence-electron chi connectivity index (χ3n) is 4.44. The second kappa shape index (κ2) is 8.87. The molecule has 0 atom stereocenters. The van der Waals surface area contributed by atoms with Crippen LogP contribution in [0.3, 0.4) is 0 Å². The second-order valence-corrected chi connectivity index (χ2v) is 7.25. The van der Waals surface area contributed by atoms with Gasteiger partial charge in [-0.1, -0.05) is 29.8 Å². The zero-order valence-electron chi connectivity index (χ0n) is 16.5. The van der Waals surface area contributed by atoms with E-state index in [0.29, 0.717) is 17.1 Å². The van der Waals surface area contributed by atoms with E-state index in [4.69, 9.17) is 11.6 Å². The third kappa shape index (κ3) is 5.09. The van der Waals surface area contributed by atoms with Crippen molar-refractivity contribution in [2.24, 2.45) is 0 Å². The Kier molecular flexibility index (Phi) is 5.97. The molecule has 33 heavy (non-hydrogen) atoms. The Bertz CT molecular complexity index is 1320. The molecule has 3 aromatic heterocycles. The van der Waals surface area contributed by atoms with Crippen molar-refractivity contribution in [2.75, 3.05) is 5.06 Å². The molecule has 0 aliphatic heterocycles. The summed E-state index contributed by atoms with van der Waals surface area (Å²) >= 11 is 5.98. The van der Waals surface area contributed by atoms with Crippen molar-refractivity contribution in [3.63, 3.8) is 0 Å². The summed E-state index contributed by atoms with van der Waals surface area (Å²) in [6.45, 7) is 0. The smallest absolute Gasteiger partial charge is 0.324 e. The molecule has 3 heterocycles. The molecule has 0 saturated carbocycles. The molecule has 12 heteroatoms. The highest BCUT2D eigenvalue weighted by Crippen LogP contribution is 2.23. The first kappa shape index (κ1) is 22.2. The molecule has 0 spiro atoms. The number of aromatic nitrogens is 4. The van der Waals surface area contributed by atoms with Gasteiger partial charge in [0.25, 0.3) is 0 Å². The maximum atomic E-state index is 13.0. The molecule has 0 fully saturated rings. The molecule has 168 valence electrons. The van der Waals surface area contributed by atoms with Crippen molar-refractivity contribution in [1.29, 1.82) is 0 Å². The molecule has 0 unspecified atom stereocenters. The van der Waals surface area contributed by atoms with Gasteiger partial charge in [0.2, 0.25) is 0 Å². The molecule has 0 N–H and O–H groups in total. The number of hydrogen-bond acceptors (Lipinski definition) is 6. The Hall–Kier alpha value is -3.99. The number of carbonyl (C=O) groups is 2. The molecule has 0 radical (unpaired) electrons. The van der Waals surface area contributed by atoms with Crippen LogP contribution in [0.5, 0.6) is 0 Å². The first-order valence-corrected chi connectivity index (χ1v) is 9.71. The Morgan fingerprint density at radius 3 is 2.61 bits per heavy atom. The summed E-state index contributed by atoms with van der Waals surface area (Å²) in [6, 6.07) is 12.7. The van der Waals surface area contributed by atoms with Gasteiger partial charge in [-0.15, -0.1) is 15.3 Å². The fourth-order valence-electron chi connectivity index (χ4n) is 2.92. The lowest BCUT2D eigenvalue weighted by Gasteiger charge is -2.21. The SMILES string of the molecule is O=C(c1ccc(Cc2cccc(Cl)c2)cn1)N(OC(=O)C(F)(F)F)c1ccc2nncn2c1. The number of alkyl halides is 3. The summed E-state index contributed by atoms with van der Waals surface area (Å²) in [5.41, 5.74) is 1.63. The lowest BCUT2D eigenvalue weighted by molar-refractivity contribution is -0.200. The summed E-state index contributed by atoms with van der Waals surface area (Å²) < 4.78 is 39.8. The van der Waals surface area contributed by atoms with Crippen LogP contribution in [0, 0.1) is 0 Å². The largest absolute Gasteiger partial charge is 0.493 e. The summed E-state index contributed by atoms with van der Waals surface area (Å²) in [4.78, 5) is 32.9. The molecule has 8 nitrogen and oxygen atoms in total. The Balaban J connectivity index is 1.61. The van der Waals surface area contributed by atoms with Gasteiger partial charge in [-0.2, -0.15) is 13.2 Å². The number of hydrogen-bond donors (Lipinski definition) is 0. The van der Waals surface area contributed by atoms with E-state index in [0.717, 1.165) is 11.1 Å². The number of amides is 1. The number of fused-ring (bicyclic) bond motifs is 1. The minimum absolute atomic E-state index is 0.158. The highest BCUT2D eigenvalue weighted by atomic mass is 35.5. The second-order valence-electron chi connectivity index (χ2n) is 6.82. The number of rotatable bonds is 4. The van der Waals surface area contributed by atoms with Crippen LogP contribution in [0.15, 0.2) is 67.3 Å². The number of nitrogens with zero attached hydrogens (tertiary/aromatic N) is 5. The Morgan fingerprint density at radius 2 is 1.91 bits per heavy atom. The van der Waals surface area contributed by atoms with Gasteiger partial charge in [-0.3, -0.25) is 14.2 Å². The lowest BCUT2D eigenvalue weighted by Crippen LogP contribution is -2.39. The number of halogens is 4. The molecule has 0 aliphatic carbocycles. The highest BCUT2D eigenvalue weighted by Gasteiger charge is 2.44. The van der Waals surface area contributed by atoms with Crippen LogP contribution in [0.1, 0.15) is 21.6 Å². The molecule has 0 bridgehead atoms. The van der Waals surface area contributed by atoms with Crippen molar-refractivity contribution in [3.8, 4) is 0 Å². The van der Waals surface area contributed by atoms with E-state index >= 15 is 0 Å². The molecule has 1 amide bonds. The Labute approximate surface area is 189 Å². The van der Waals surface area contributed by atoms with Gasteiger partial charge in [0, 0.05) is 17.4 Å². The van der Waals surface area contributed by atoms with Crippen LogP contribution >= 0.6 is 11.6 Å². The number of carbonyl (C=O) groups excluding carboxylic acids is 2. The fourth-order valence-corrected chi connectivity index (χ4v) is 3.14. The van der Waals surface area contributed by atoms with E-state index in [1.54, 1.807) is 24.3 Å². The first-order valence-electron chi connectivity index (χ1n) is 9.33. The van der Waals surface area contributed by atoms with Crippen molar-refractivity contribution >= 4 is 34.8 Å². The molecule has 0 saturated heterocycles. The van der Waals surface area contributed by atoms with Crippen LogP contribution < -0.4 is 5.06 Å². The van der Waals surface area contributed by atoms with E-state index < -0.39 is 18.1 Å². The Morgan fingerprint density at radius 1 is 1.09 bits per heavy atom. The van der Waals surface area contributed by atoms with E-state index in [-0.39, 0.29) is 16.4 Å². The predicted octanol–water partition coefficient (Wildman–Crippen LogP) is 4.04. The van der Waals surface area contributed by atoms with Gasteiger partial charge in [-0.05, 0) is 47.9 Å². The standard InChI is InChI=1S/C21H13ClF3N5O3/c22-15-3-1-2-13(9-15)8-14-4-6-17(26-10-14)19(31)30(33-20(32)21(23,24)25)16-5-7-18-28-27-12-29(18)11-16/h1-7,9-12H,8H2. The van der Waals surface area contributed by atoms with E-state index in [1.165, 1.54) is 41.3 Å². The monoisotopic (exact) mass is 475 g/mol. The number of anilines is 1. The normalized spacial score (nSPS) is 11.4. The molecular weight excluding hydrogens is 463 g/mol. The van der Waals surface area contributed by atoms with Crippen LogP contribution in [0.25, 0.3) is 5.65 Å². The van der Waals surface area contributed by atoms with E-state index in [9.17, 15) is 22.8 Å². The van der Waals surface area contributed by atoms with Gasteiger partial charge in [0.05, 0.1) is 0 Å². The van der Waals surface area contributed by atoms with E-state index in [2.05, 4.69) is 20.0 Å². The number of hydroxylamine groups is 1. The molecular formula is C21H13ClF3N5O3. The van der Waals surface area contributed by atoms with Crippen LogP contribution in [0.4, 0.5) is 18.9 Å². The number of benzene rings is 1. The summed E-state index contributed by atoms with van der Waals surface area (Å²) in [7, 11) is 0. The van der Waals surface area contributed by atoms with Crippen LogP contribution in [-0.4, -0.2) is 37.6 Å². The van der Waals surface area contributed by atoms with Gasteiger partial charge in [-0.25, -0.2) is 4.79 Å². The minimum Gasteiger partial charge on any atom is -0.324 e. The molecule has 4 aromatic rings. The van der Waals surface area contributed by atoms with Crippen molar-refractivity contribution < 1.29 is 27.6 Å². The molecule has 4 rings (SSSR count). The van der Waals surface area contributed by atoms with Crippen molar-refractivity contribution in [1.82, 2.24) is 19.6 Å². The third-order valence-corrected chi connectivity index (χ3v) is 4.68. The zero-order valence-corrected chi connectivity index (χ0v) is 17.3. The van der Waals surface area contributed by atoms with Gasteiger partial charge in [0.1, 0.15) is 17.7 Å². The van der Waals surface area contributed by atoms with Crippen molar-refractivity contribution in [2.45, 2.75) is 12.6 Å². The highest BCUT2D eigenvalue weighted by molar-refractivity contribution is 6.30. The predicted molar refractivity (Wildman–Crippen MR) is 110 cm³/mol. The average Bonchev–Trinajstić information content (AvgIpc) is 3.24. The maximum Gasteiger partial charge on any atom is 0.493 e. The quantitative estimate of drug-likeness (QED) is 0.414. The van der Waals surface area contributed by atoms with Crippen LogP contribution in [-0.2, 0) is 16.1 Å². The van der Waals surface area contributed by atoms with E-state index in [1.807, 2.05) is 6.07 Å².